The molecule has 0 saturated carbocycles. The van der Waals surface area contributed by atoms with Gasteiger partial charge in [0, 0.05) is 41.4 Å². The summed E-state index contributed by atoms with van der Waals surface area (Å²) in [6.07, 6.45) is 5.14. The number of halogens is 2. The molecule has 0 aliphatic carbocycles. The molecule has 0 radical (unpaired) electrons. The van der Waals surface area contributed by atoms with E-state index in [1.54, 1.807) is 18.5 Å². The summed E-state index contributed by atoms with van der Waals surface area (Å²) in [5, 5.41) is 2.47. The fourth-order valence-corrected chi connectivity index (χ4v) is 4.14. The number of amides is 1. The van der Waals surface area contributed by atoms with Crippen molar-refractivity contribution < 1.29 is 9.53 Å². The summed E-state index contributed by atoms with van der Waals surface area (Å²) in [5.74, 6) is 1.24. The maximum atomic E-state index is 12.4. The molecule has 1 amide bonds. The number of rotatable bonds is 4. The number of aromatic nitrogens is 1. The number of nitrogens with zero attached hydrogens (tertiary/aromatic N) is 2. The molecule has 1 saturated heterocycles. The average molecular weight is 416 g/mol. The smallest absolute Gasteiger partial charge is 0.263 e. The van der Waals surface area contributed by atoms with Crippen molar-refractivity contribution in [2.24, 2.45) is 5.92 Å². The van der Waals surface area contributed by atoms with E-state index in [-0.39, 0.29) is 5.91 Å². The van der Waals surface area contributed by atoms with Gasteiger partial charge in [-0.05, 0) is 40.8 Å². The summed E-state index contributed by atoms with van der Waals surface area (Å²) in [4.78, 5) is 19.1. The number of carbonyl (C=O) groups excluding carboxylic acids is 1. The Hall–Kier alpha value is -1.11. The number of likely N-dealkylation sites (tertiary alicyclic amines) is 1. The Balaban J connectivity index is 1.49. The van der Waals surface area contributed by atoms with Gasteiger partial charge in [0.1, 0.15) is 10.8 Å². The van der Waals surface area contributed by atoms with Gasteiger partial charge in [-0.2, -0.15) is 0 Å². The van der Waals surface area contributed by atoms with Crippen molar-refractivity contribution in [3.05, 3.63) is 44.3 Å². The molecule has 2 aromatic heterocycles. The van der Waals surface area contributed by atoms with Crippen molar-refractivity contribution in [1.29, 1.82) is 0 Å². The van der Waals surface area contributed by atoms with Gasteiger partial charge in [-0.15, -0.1) is 11.3 Å². The molecule has 0 N–H and O–H groups in total. The summed E-state index contributed by atoms with van der Waals surface area (Å²) in [6, 6.07) is 3.66. The molecule has 1 fully saturated rings. The number of thiophene rings is 1. The van der Waals surface area contributed by atoms with E-state index < -0.39 is 0 Å². The van der Waals surface area contributed by atoms with Crippen LogP contribution in [0.4, 0.5) is 0 Å². The Morgan fingerprint density at radius 2 is 2.26 bits per heavy atom. The molecule has 0 bridgehead atoms. The highest BCUT2D eigenvalue weighted by molar-refractivity contribution is 9.10. The van der Waals surface area contributed by atoms with Gasteiger partial charge in [-0.3, -0.25) is 9.78 Å². The summed E-state index contributed by atoms with van der Waals surface area (Å²) in [7, 11) is 0. The van der Waals surface area contributed by atoms with Crippen LogP contribution in [0.25, 0.3) is 0 Å². The zero-order valence-electron chi connectivity index (χ0n) is 12.4. The first-order valence-electron chi connectivity index (χ1n) is 7.39. The second-order valence-electron chi connectivity index (χ2n) is 5.48. The summed E-state index contributed by atoms with van der Waals surface area (Å²) < 4.78 is 6.74. The predicted molar refractivity (Wildman–Crippen MR) is 95.4 cm³/mol. The lowest BCUT2D eigenvalue weighted by Gasteiger charge is -2.31. The zero-order chi connectivity index (χ0) is 16.2. The van der Waals surface area contributed by atoms with E-state index in [1.165, 1.54) is 11.3 Å². The van der Waals surface area contributed by atoms with Gasteiger partial charge in [-0.25, -0.2) is 0 Å². The summed E-state index contributed by atoms with van der Waals surface area (Å²) in [5.41, 5.74) is 0. The third kappa shape index (κ3) is 4.25. The second-order valence-corrected chi connectivity index (χ2v) is 7.72. The molecule has 1 aliphatic rings. The highest BCUT2D eigenvalue weighted by Gasteiger charge is 2.25. The Kier molecular flexibility index (Phi) is 5.56. The lowest BCUT2D eigenvalue weighted by Crippen LogP contribution is -2.39. The van der Waals surface area contributed by atoms with E-state index in [4.69, 9.17) is 16.3 Å². The van der Waals surface area contributed by atoms with Crippen molar-refractivity contribution in [3.63, 3.8) is 0 Å². The lowest BCUT2D eigenvalue weighted by molar-refractivity contribution is 0.0666. The van der Waals surface area contributed by atoms with E-state index in [2.05, 4.69) is 20.9 Å². The van der Waals surface area contributed by atoms with Crippen molar-refractivity contribution in [2.45, 2.75) is 12.8 Å². The number of hydrogen-bond acceptors (Lipinski definition) is 4. The van der Waals surface area contributed by atoms with Crippen LogP contribution in [0.2, 0.25) is 5.02 Å². The molecule has 7 heteroatoms. The van der Waals surface area contributed by atoms with Crippen molar-refractivity contribution in [2.75, 3.05) is 19.7 Å². The molecular formula is C16H16BrClN2O2S. The van der Waals surface area contributed by atoms with E-state index in [0.717, 1.165) is 35.3 Å². The van der Waals surface area contributed by atoms with Gasteiger partial charge in [0.15, 0.2) is 0 Å². The highest BCUT2D eigenvalue weighted by atomic mass is 79.9. The van der Waals surface area contributed by atoms with Crippen LogP contribution >= 0.6 is 38.9 Å². The first kappa shape index (κ1) is 16.7. The van der Waals surface area contributed by atoms with Crippen molar-refractivity contribution in [3.8, 4) is 5.75 Å². The standard InChI is InChI=1S/C16H16BrClN2O2S/c17-12-7-15(23-10-12)16(21)20-5-2-11(3-6-20)9-22-14-1-4-19-8-13(14)18/h1,4,7-8,10-11H,2-3,5-6,9H2. The Morgan fingerprint density at radius 3 is 2.91 bits per heavy atom. The molecule has 0 atom stereocenters. The molecule has 23 heavy (non-hydrogen) atoms. The van der Waals surface area contributed by atoms with Crippen LogP contribution < -0.4 is 4.74 Å². The van der Waals surface area contributed by atoms with Crippen LogP contribution in [-0.2, 0) is 0 Å². The van der Waals surface area contributed by atoms with Gasteiger partial charge in [0.25, 0.3) is 5.91 Å². The van der Waals surface area contributed by atoms with E-state index >= 15 is 0 Å². The Morgan fingerprint density at radius 1 is 1.48 bits per heavy atom. The van der Waals surface area contributed by atoms with Crippen molar-refractivity contribution in [1.82, 2.24) is 9.88 Å². The predicted octanol–water partition coefficient (Wildman–Crippen LogP) is 4.49. The Labute approximate surface area is 152 Å². The normalized spacial score (nSPS) is 15.7. The lowest BCUT2D eigenvalue weighted by atomic mass is 9.97. The molecule has 3 heterocycles. The third-order valence-electron chi connectivity index (χ3n) is 3.89. The molecule has 0 spiro atoms. The van der Waals surface area contributed by atoms with E-state index in [9.17, 15) is 4.79 Å². The zero-order valence-corrected chi connectivity index (χ0v) is 15.5. The van der Waals surface area contributed by atoms with Crippen LogP contribution in [0.15, 0.2) is 34.4 Å². The van der Waals surface area contributed by atoms with Gasteiger partial charge < -0.3 is 9.64 Å². The topological polar surface area (TPSA) is 42.4 Å². The number of carbonyl (C=O) groups is 1. The fourth-order valence-electron chi connectivity index (χ4n) is 2.57. The maximum absolute atomic E-state index is 12.4. The SMILES string of the molecule is O=C(c1cc(Br)cs1)N1CCC(COc2ccncc2Cl)CC1. The first-order valence-corrected chi connectivity index (χ1v) is 9.44. The maximum Gasteiger partial charge on any atom is 0.263 e. The van der Waals surface area contributed by atoms with Gasteiger partial charge >= 0.3 is 0 Å². The third-order valence-corrected chi connectivity index (χ3v) is 5.85. The molecule has 0 unspecified atom stereocenters. The first-order chi connectivity index (χ1) is 11.1. The number of ether oxygens (including phenoxy) is 1. The molecule has 2 aromatic rings. The summed E-state index contributed by atoms with van der Waals surface area (Å²) >= 11 is 10.9. The fraction of sp³-hybridized carbons (Fsp3) is 0.375. The minimum absolute atomic E-state index is 0.122. The molecule has 1 aliphatic heterocycles. The average Bonchev–Trinajstić information content (AvgIpc) is 3.00. The number of pyridine rings is 1. The monoisotopic (exact) mass is 414 g/mol. The van der Waals surface area contributed by atoms with Crippen LogP contribution in [0.1, 0.15) is 22.5 Å². The van der Waals surface area contributed by atoms with E-state index in [1.807, 2.05) is 16.3 Å². The highest BCUT2D eigenvalue weighted by Crippen LogP contribution is 2.26. The molecule has 0 aromatic carbocycles. The minimum atomic E-state index is 0.122. The van der Waals surface area contributed by atoms with Crippen LogP contribution in [0, 0.1) is 5.92 Å². The largest absolute Gasteiger partial charge is 0.492 e. The number of hydrogen-bond donors (Lipinski definition) is 0. The van der Waals surface area contributed by atoms with Crippen LogP contribution in [0.5, 0.6) is 5.75 Å². The minimum Gasteiger partial charge on any atom is -0.492 e. The molecule has 3 rings (SSSR count). The van der Waals surface area contributed by atoms with Gasteiger partial charge in [0.2, 0.25) is 0 Å². The molecule has 4 nitrogen and oxygen atoms in total. The van der Waals surface area contributed by atoms with Crippen molar-refractivity contribution >= 4 is 44.8 Å². The summed E-state index contributed by atoms with van der Waals surface area (Å²) in [6.45, 7) is 2.16. The molecular weight excluding hydrogens is 400 g/mol. The van der Waals surface area contributed by atoms with Crippen LogP contribution in [-0.4, -0.2) is 35.5 Å². The molecule has 122 valence electrons. The van der Waals surface area contributed by atoms with Gasteiger partial charge in [-0.1, -0.05) is 11.6 Å². The van der Waals surface area contributed by atoms with E-state index in [0.29, 0.717) is 23.3 Å². The van der Waals surface area contributed by atoms with Gasteiger partial charge in [0.05, 0.1) is 11.5 Å². The second kappa shape index (κ2) is 7.64. The van der Waals surface area contributed by atoms with Crippen LogP contribution in [0.3, 0.4) is 0 Å². The quantitative estimate of drug-likeness (QED) is 0.739. The Bertz CT molecular complexity index is 686. The number of piperidine rings is 1.